The maximum Gasteiger partial charge on any atom is 0.163 e. The van der Waals surface area contributed by atoms with Gasteiger partial charge in [0.15, 0.2) is 11.5 Å². The fraction of sp³-hybridized carbons (Fsp3) is 0.600. The van der Waals surface area contributed by atoms with Crippen LogP contribution in [0, 0.1) is 12.3 Å². The topological polar surface area (TPSA) is 41.9 Å². The van der Waals surface area contributed by atoms with Gasteiger partial charge in [-0.15, -0.1) is 0 Å². The van der Waals surface area contributed by atoms with Crippen LogP contribution in [0.1, 0.15) is 19.4 Å². The number of rotatable bonds is 4. The molecule has 0 spiro atoms. The summed E-state index contributed by atoms with van der Waals surface area (Å²) in [5, 5.41) is 9.38. The van der Waals surface area contributed by atoms with Gasteiger partial charge in [0.05, 0.1) is 0 Å². The summed E-state index contributed by atoms with van der Waals surface area (Å²) in [5.41, 5.74) is 2.14. The standard InChI is InChI=1S/C15H23NO3/c1-11-7-13-14(19-6-5-18-13)8-12(11)16(4)9-15(2,3)10-17/h7-8,17H,5-6,9-10H2,1-4H3. The summed E-state index contributed by atoms with van der Waals surface area (Å²) in [6.07, 6.45) is 0. The first-order chi connectivity index (χ1) is 8.93. The molecular formula is C15H23NO3. The van der Waals surface area contributed by atoms with E-state index in [0.717, 1.165) is 29.3 Å². The van der Waals surface area contributed by atoms with Crippen molar-refractivity contribution in [3.63, 3.8) is 0 Å². The molecule has 1 aliphatic heterocycles. The fourth-order valence-electron chi connectivity index (χ4n) is 2.37. The van der Waals surface area contributed by atoms with E-state index in [1.165, 1.54) is 0 Å². The van der Waals surface area contributed by atoms with Gasteiger partial charge in [-0.3, -0.25) is 0 Å². The molecule has 0 saturated heterocycles. The molecule has 1 N–H and O–H groups in total. The lowest BCUT2D eigenvalue weighted by Crippen LogP contribution is -2.34. The molecule has 0 atom stereocenters. The Balaban J connectivity index is 2.24. The second-order valence-corrected chi connectivity index (χ2v) is 5.96. The van der Waals surface area contributed by atoms with E-state index in [2.05, 4.69) is 25.7 Å². The molecule has 0 amide bonds. The van der Waals surface area contributed by atoms with Crippen LogP contribution < -0.4 is 14.4 Å². The summed E-state index contributed by atoms with van der Waals surface area (Å²) in [4.78, 5) is 2.16. The Kier molecular flexibility index (Phi) is 3.90. The van der Waals surface area contributed by atoms with Gasteiger partial charge < -0.3 is 19.5 Å². The number of ether oxygens (including phenoxy) is 2. The number of aryl methyl sites for hydroxylation is 1. The second-order valence-electron chi connectivity index (χ2n) is 5.96. The highest BCUT2D eigenvalue weighted by Gasteiger charge is 2.22. The Hall–Kier alpha value is -1.42. The molecule has 0 aliphatic carbocycles. The number of hydrogen-bond donors (Lipinski definition) is 1. The van der Waals surface area contributed by atoms with Gasteiger partial charge in [-0.2, -0.15) is 0 Å². The molecule has 0 bridgehead atoms. The highest BCUT2D eigenvalue weighted by molar-refractivity contribution is 5.61. The molecule has 4 nitrogen and oxygen atoms in total. The first kappa shape index (κ1) is 14.0. The molecule has 1 aromatic rings. The highest BCUT2D eigenvalue weighted by Crippen LogP contribution is 2.37. The van der Waals surface area contributed by atoms with Gasteiger partial charge in [0, 0.05) is 37.4 Å². The molecule has 1 heterocycles. The lowest BCUT2D eigenvalue weighted by molar-refractivity contribution is 0.165. The van der Waals surface area contributed by atoms with Crippen molar-refractivity contribution in [2.24, 2.45) is 5.41 Å². The van der Waals surface area contributed by atoms with Crippen molar-refractivity contribution in [1.82, 2.24) is 0 Å². The Morgan fingerprint density at radius 3 is 2.37 bits per heavy atom. The normalized spacial score (nSPS) is 14.4. The van der Waals surface area contributed by atoms with Crippen molar-refractivity contribution in [2.45, 2.75) is 20.8 Å². The van der Waals surface area contributed by atoms with Gasteiger partial charge in [0.25, 0.3) is 0 Å². The summed E-state index contributed by atoms with van der Waals surface area (Å²) in [7, 11) is 2.04. The SMILES string of the molecule is Cc1cc2c(cc1N(C)CC(C)(C)CO)OCCO2. The zero-order valence-electron chi connectivity index (χ0n) is 12.2. The molecule has 1 aliphatic rings. The summed E-state index contributed by atoms with van der Waals surface area (Å²) in [6, 6.07) is 4.05. The Morgan fingerprint density at radius 2 is 1.79 bits per heavy atom. The number of benzene rings is 1. The van der Waals surface area contributed by atoms with Crippen molar-refractivity contribution in [1.29, 1.82) is 0 Å². The average Bonchev–Trinajstić information content (AvgIpc) is 2.37. The zero-order valence-corrected chi connectivity index (χ0v) is 12.2. The molecule has 0 saturated carbocycles. The van der Waals surface area contributed by atoms with Crippen LogP contribution in [0.3, 0.4) is 0 Å². The van der Waals surface area contributed by atoms with E-state index >= 15 is 0 Å². The van der Waals surface area contributed by atoms with E-state index in [1.807, 2.05) is 19.2 Å². The van der Waals surface area contributed by atoms with Crippen LogP contribution in [0.15, 0.2) is 12.1 Å². The number of nitrogens with zero attached hydrogens (tertiary/aromatic N) is 1. The Morgan fingerprint density at radius 1 is 1.21 bits per heavy atom. The van der Waals surface area contributed by atoms with Crippen molar-refractivity contribution >= 4 is 5.69 Å². The number of fused-ring (bicyclic) bond motifs is 1. The molecule has 19 heavy (non-hydrogen) atoms. The van der Waals surface area contributed by atoms with Gasteiger partial charge in [0.2, 0.25) is 0 Å². The van der Waals surface area contributed by atoms with Gasteiger partial charge in [0.1, 0.15) is 13.2 Å². The molecule has 0 unspecified atom stereocenters. The van der Waals surface area contributed by atoms with Crippen LogP contribution in [0.25, 0.3) is 0 Å². The number of anilines is 1. The maximum atomic E-state index is 9.38. The van der Waals surface area contributed by atoms with Crippen molar-refractivity contribution in [3.8, 4) is 11.5 Å². The van der Waals surface area contributed by atoms with Crippen LogP contribution in [0.2, 0.25) is 0 Å². The van der Waals surface area contributed by atoms with E-state index < -0.39 is 0 Å². The molecule has 4 heteroatoms. The smallest absolute Gasteiger partial charge is 0.163 e. The third kappa shape index (κ3) is 3.13. The fourth-order valence-corrected chi connectivity index (χ4v) is 2.37. The molecular weight excluding hydrogens is 242 g/mol. The van der Waals surface area contributed by atoms with Crippen LogP contribution in [-0.2, 0) is 0 Å². The van der Waals surface area contributed by atoms with Gasteiger partial charge in [-0.05, 0) is 18.6 Å². The third-order valence-electron chi connectivity index (χ3n) is 3.37. The van der Waals surface area contributed by atoms with Crippen LogP contribution in [0.4, 0.5) is 5.69 Å². The Labute approximate surface area is 114 Å². The van der Waals surface area contributed by atoms with E-state index in [1.54, 1.807) is 0 Å². The number of aliphatic hydroxyl groups excluding tert-OH is 1. The third-order valence-corrected chi connectivity index (χ3v) is 3.37. The Bertz CT molecular complexity index is 457. The summed E-state index contributed by atoms with van der Waals surface area (Å²) in [6.45, 7) is 8.33. The highest BCUT2D eigenvalue weighted by atomic mass is 16.6. The first-order valence-corrected chi connectivity index (χ1v) is 6.65. The number of aliphatic hydroxyl groups is 1. The predicted octanol–water partition coefficient (Wildman–Crippen LogP) is 2.22. The van der Waals surface area contributed by atoms with Gasteiger partial charge in [-0.1, -0.05) is 13.8 Å². The maximum absolute atomic E-state index is 9.38. The minimum absolute atomic E-state index is 0.131. The first-order valence-electron chi connectivity index (χ1n) is 6.65. The largest absolute Gasteiger partial charge is 0.486 e. The summed E-state index contributed by atoms with van der Waals surface area (Å²) in [5.74, 6) is 1.63. The minimum Gasteiger partial charge on any atom is -0.486 e. The number of hydrogen-bond acceptors (Lipinski definition) is 4. The van der Waals surface area contributed by atoms with Gasteiger partial charge >= 0.3 is 0 Å². The predicted molar refractivity (Wildman–Crippen MR) is 76.3 cm³/mol. The molecule has 1 aromatic carbocycles. The average molecular weight is 265 g/mol. The summed E-state index contributed by atoms with van der Waals surface area (Å²) >= 11 is 0. The lowest BCUT2D eigenvalue weighted by atomic mass is 9.94. The van der Waals surface area contributed by atoms with Crippen molar-refractivity contribution < 1.29 is 14.6 Å². The molecule has 106 valence electrons. The summed E-state index contributed by atoms with van der Waals surface area (Å²) < 4.78 is 11.2. The van der Waals surface area contributed by atoms with E-state index in [0.29, 0.717) is 13.2 Å². The van der Waals surface area contributed by atoms with E-state index in [9.17, 15) is 5.11 Å². The van der Waals surface area contributed by atoms with E-state index in [-0.39, 0.29) is 12.0 Å². The monoisotopic (exact) mass is 265 g/mol. The zero-order chi connectivity index (χ0) is 14.0. The molecule has 0 fully saturated rings. The van der Waals surface area contributed by atoms with Crippen LogP contribution in [0.5, 0.6) is 11.5 Å². The van der Waals surface area contributed by atoms with Crippen molar-refractivity contribution in [3.05, 3.63) is 17.7 Å². The molecule has 2 rings (SSSR count). The lowest BCUT2D eigenvalue weighted by Gasteiger charge is -2.31. The van der Waals surface area contributed by atoms with Crippen molar-refractivity contribution in [2.75, 3.05) is 38.3 Å². The quantitative estimate of drug-likeness (QED) is 0.906. The van der Waals surface area contributed by atoms with Crippen LogP contribution >= 0.6 is 0 Å². The van der Waals surface area contributed by atoms with Crippen LogP contribution in [-0.4, -0.2) is 38.5 Å². The second kappa shape index (κ2) is 5.29. The van der Waals surface area contributed by atoms with E-state index in [4.69, 9.17) is 9.47 Å². The molecule has 0 radical (unpaired) electrons. The minimum atomic E-state index is -0.131. The molecule has 0 aromatic heterocycles. The van der Waals surface area contributed by atoms with Gasteiger partial charge in [-0.25, -0.2) is 0 Å².